The molecule has 3 rings (SSSR count). The van der Waals surface area contributed by atoms with Crippen LogP contribution in [-0.2, 0) is 11.3 Å². The van der Waals surface area contributed by atoms with Crippen molar-refractivity contribution >= 4 is 5.97 Å². The third-order valence-electron chi connectivity index (χ3n) is 4.96. The molecule has 2 saturated carbocycles. The van der Waals surface area contributed by atoms with Gasteiger partial charge in [0.15, 0.2) is 0 Å². The molecule has 0 aromatic carbocycles. The summed E-state index contributed by atoms with van der Waals surface area (Å²) in [7, 11) is 0. The van der Waals surface area contributed by atoms with E-state index in [4.69, 9.17) is 5.11 Å². The molecule has 2 N–H and O–H groups in total. The van der Waals surface area contributed by atoms with Gasteiger partial charge in [0.05, 0.1) is 17.7 Å². The molecule has 0 radical (unpaired) electrons. The Morgan fingerprint density at radius 3 is 2.86 bits per heavy atom. The highest BCUT2D eigenvalue weighted by Gasteiger charge is 2.26. The molecule has 2 atom stereocenters. The molecule has 2 unspecified atom stereocenters. The monoisotopic (exact) mass is 291 g/mol. The molecule has 116 valence electrons. The summed E-state index contributed by atoms with van der Waals surface area (Å²) < 4.78 is 2.12. The van der Waals surface area contributed by atoms with Gasteiger partial charge in [0.1, 0.15) is 0 Å². The highest BCUT2D eigenvalue weighted by Crippen LogP contribution is 2.29. The Balaban J connectivity index is 1.49. The van der Waals surface area contributed by atoms with Crippen molar-refractivity contribution in [2.45, 2.75) is 70.0 Å². The van der Waals surface area contributed by atoms with Gasteiger partial charge in [-0.3, -0.25) is 9.48 Å². The Kier molecular flexibility index (Phi) is 4.58. The molecule has 0 aliphatic heterocycles. The first-order chi connectivity index (χ1) is 10.2. The second kappa shape index (κ2) is 6.60. The van der Waals surface area contributed by atoms with E-state index in [-0.39, 0.29) is 5.92 Å². The number of nitrogens with one attached hydrogen (secondary N) is 1. The van der Waals surface area contributed by atoms with E-state index < -0.39 is 5.97 Å². The van der Waals surface area contributed by atoms with Crippen LogP contribution in [-0.4, -0.2) is 26.9 Å². The number of nitrogens with zero attached hydrogens (tertiary/aromatic N) is 2. The summed E-state index contributed by atoms with van der Waals surface area (Å²) in [6.45, 7) is 0.747. The molecular weight excluding hydrogens is 266 g/mol. The van der Waals surface area contributed by atoms with Gasteiger partial charge in [-0.25, -0.2) is 0 Å². The Morgan fingerprint density at radius 1 is 1.29 bits per heavy atom. The quantitative estimate of drug-likeness (QED) is 0.875. The maximum atomic E-state index is 11.1. The largest absolute Gasteiger partial charge is 0.481 e. The molecule has 0 amide bonds. The van der Waals surface area contributed by atoms with Gasteiger partial charge < -0.3 is 10.4 Å². The number of carbonyl (C=O) groups is 1. The predicted octanol–water partition coefficient (Wildman–Crippen LogP) is 2.73. The molecule has 2 fully saturated rings. The molecular formula is C16H25N3O2. The van der Waals surface area contributed by atoms with Crippen molar-refractivity contribution in [3.63, 3.8) is 0 Å². The molecule has 0 spiro atoms. The fourth-order valence-corrected chi connectivity index (χ4v) is 3.69. The van der Waals surface area contributed by atoms with Gasteiger partial charge >= 0.3 is 5.97 Å². The van der Waals surface area contributed by atoms with Gasteiger partial charge in [-0.2, -0.15) is 5.10 Å². The van der Waals surface area contributed by atoms with E-state index in [0.717, 1.165) is 37.9 Å². The lowest BCUT2D eigenvalue weighted by molar-refractivity contribution is -0.143. The fourth-order valence-electron chi connectivity index (χ4n) is 3.69. The van der Waals surface area contributed by atoms with Crippen LogP contribution in [0.25, 0.3) is 0 Å². The van der Waals surface area contributed by atoms with E-state index in [9.17, 15) is 4.79 Å². The standard InChI is InChI=1S/C16H25N3O2/c20-16(21)12-4-3-5-13(10-12)17-11-14-8-9-19(18-14)15-6-1-2-7-15/h8-9,12-13,15,17H,1-7,10-11H2,(H,20,21). The minimum atomic E-state index is -0.646. The van der Waals surface area contributed by atoms with Crippen molar-refractivity contribution < 1.29 is 9.90 Å². The van der Waals surface area contributed by atoms with Gasteiger partial charge in [0.25, 0.3) is 0 Å². The van der Waals surface area contributed by atoms with E-state index in [1.165, 1.54) is 25.7 Å². The van der Waals surface area contributed by atoms with E-state index in [1.54, 1.807) is 0 Å². The van der Waals surface area contributed by atoms with Crippen molar-refractivity contribution in [1.29, 1.82) is 0 Å². The molecule has 5 nitrogen and oxygen atoms in total. The van der Waals surface area contributed by atoms with Crippen molar-refractivity contribution in [2.24, 2.45) is 5.92 Å². The first kappa shape index (κ1) is 14.6. The number of carboxylic acids is 1. The minimum absolute atomic E-state index is 0.174. The Labute approximate surface area is 125 Å². The molecule has 1 aromatic heterocycles. The summed E-state index contributed by atoms with van der Waals surface area (Å²) >= 11 is 0. The normalized spacial score (nSPS) is 27.0. The Hall–Kier alpha value is -1.36. The molecule has 0 saturated heterocycles. The van der Waals surface area contributed by atoms with E-state index in [0.29, 0.717) is 12.1 Å². The zero-order valence-electron chi connectivity index (χ0n) is 12.5. The molecule has 21 heavy (non-hydrogen) atoms. The summed E-state index contributed by atoms with van der Waals surface area (Å²) in [6, 6.07) is 2.99. The minimum Gasteiger partial charge on any atom is -0.481 e. The van der Waals surface area contributed by atoms with Crippen LogP contribution in [0.1, 0.15) is 63.1 Å². The molecule has 1 heterocycles. The zero-order valence-corrected chi connectivity index (χ0v) is 12.5. The lowest BCUT2D eigenvalue weighted by Gasteiger charge is -2.27. The summed E-state index contributed by atoms with van der Waals surface area (Å²) in [5, 5.41) is 17.3. The highest BCUT2D eigenvalue weighted by molar-refractivity contribution is 5.70. The van der Waals surface area contributed by atoms with Crippen LogP contribution in [0.4, 0.5) is 0 Å². The summed E-state index contributed by atoms with van der Waals surface area (Å²) in [6.07, 6.45) is 10.9. The van der Waals surface area contributed by atoms with Crippen LogP contribution in [0.5, 0.6) is 0 Å². The van der Waals surface area contributed by atoms with Crippen molar-refractivity contribution in [1.82, 2.24) is 15.1 Å². The number of carboxylic acid groups (broad SMARTS) is 1. The molecule has 5 heteroatoms. The molecule has 2 aliphatic carbocycles. The SMILES string of the molecule is O=C(O)C1CCCC(NCc2ccn(C3CCCC3)n2)C1. The van der Waals surface area contributed by atoms with Crippen LogP contribution in [0, 0.1) is 5.92 Å². The summed E-state index contributed by atoms with van der Waals surface area (Å²) in [5.74, 6) is -0.820. The van der Waals surface area contributed by atoms with E-state index in [2.05, 4.69) is 27.4 Å². The zero-order chi connectivity index (χ0) is 14.7. The third kappa shape index (κ3) is 3.64. The number of rotatable bonds is 5. The van der Waals surface area contributed by atoms with Gasteiger partial charge in [-0.15, -0.1) is 0 Å². The second-order valence-electron chi connectivity index (χ2n) is 6.50. The number of aromatic nitrogens is 2. The van der Waals surface area contributed by atoms with Gasteiger partial charge in [0, 0.05) is 18.8 Å². The van der Waals surface area contributed by atoms with Crippen LogP contribution in [0.15, 0.2) is 12.3 Å². The van der Waals surface area contributed by atoms with E-state index >= 15 is 0 Å². The van der Waals surface area contributed by atoms with Gasteiger partial charge in [0.2, 0.25) is 0 Å². The topological polar surface area (TPSA) is 67.2 Å². The second-order valence-corrected chi connectivity index (χ2v) is 6.50. The van der Waals surface area contributed by atoms with Crippen LogP contribution >= 0.6 is 0 Å². The van der Waals surface area contributed by atoms with E-state index in [1.807, 2.05) is 0 Å². The van der Waals surface area contributed by atoms with Crippen LogP contribution in [0.2, 0.25) is 0 Å². The van der Waals surface area contributed by atoms with Crippen molar-refractivity contribution in [3.8, 4) is 0 Å². The Bertz CT molecular complexity index is 480. The number of hydrogen-bond donors (Lipinski definition) is 2. The van der Waals surface area contributed by atoms with Crippen LogP contribution < -0.4 is 5.32 Å². The maximum Gasteiger partial charge on any atom is 0.306 e. The van der Waals surface area contributed by atoms with Crippen LogP contribution in [0.3, 0.4) is 0 Å². The number of aliphatic carboxylic acids is 1. The number of hydrogen-bond acceptors (Lipinski definition) is 3. The first-order valence-electron chi connectivity index (χ1n) is 8.22. The molecule has 1 aromatic rings. The third-order valence-corrected chi connectivity index (χ3v) is 4.96. The molecule has 2 aliphatic rings. The summed E-state index contributed by atoms with van der Waals surface area (Å²) in [5.41, 5.74) is 1.07. The maximum absolute atomic E-state index is 11.1. The predicted molar refractivity (Wildman–Crippen MR) is 80.0 cm³/mol. The van der Waals surface area contributed by atoms with Crippen molar-refractivity contribution in [3.05, 3.63) is 18.0 Å². The van der Waals surface area contributed by atoms with Crippen molar-refractivity contribution in [2.75, 3.05) is 0 Å². The lowest BCUT2D eigenvalue weighted by atomic mass is 9.86. The first-order valence-corrected chi connectivity index (χ1v) is 8.22. The van der Waals surface area contributed by atoms with Gasteiger partial charge in [-0.1, -0.05) is 19.3 Å². The average molecular weight is 291 g/mol. The Morgan fingerprint density at radius 2 is 2.10 bits per heavy atom. The van der Waals surface area contributed by atoms with Gasteiger partial charge in [-0.05, 0) is 38.2 Å². The fraction of sp³-hybridized carbons (Fsp3) is 0.750. The average Bonchev–Trinajstić information content (AvgIpc) is 3.16. The lowest BCUT2D eigenvalue weighted by Crippen LogP contribution is -2.36. The highest BCUT2D eigenvalue weighted by atomic mass is 16.4. The smallest absolute Gasteiger partial charge is 0.306 e. The molecule has 0 bridgehead atoms. The summed E-state index contributed by atoms with van der Waals surface area (Å²) in [4.78, 5) is 11.1.